The number of nitrogens with zero attached hydrogens (tertiary/aromatic N) is 1. The third kappa shape index (κ3) is 4.24. The van der Waals surface area contributed by atoms with Crippen LogP contribution in [0.25, 0.3) is 0 Å². The van der Waals surface area contributed by atoms with Crippen LogP contribution in [-0.2, 0) is 10.0 Å². The van der Waals surface area contributed by atoms with Crippen molar-refractivity contribution in [2.45, 2.75) is 24.7 Å². The van der Waals surface area contributed by atoms with Crippen LogP contribution in [-0.4, -0.2) is 26.7 Å². The average molecular weight is 357 g/mol. The summed E-state index contributed by atoms with van der Waals surface area (Å²) in [5, 5.41) is 2.72. The van der Waals surface area contributed by atoms with Crippen molar-refractivity contribution < 1.29 is 13.2 Å². The van der Waals surface area contributed by atoms with Crippen LogP contribution < -0.4 is 10.0 Å². The van der Waals surface area contributed by atoms with Crippen molar-refractivity contribution in [2.24, 2.45) is 4.99 Å². The lowest BCUT2D eigenvalue weighted by molar-refractivity contribution is 0.102. The van der Waals surface area contributed by atoms with Gasteiger partial charge in [0.15, 0.2) is 0 Å². The molecule has 1 amide bonds. The summed E-state index contributed by atoms with van der Waals surface area (Å²) < 4.78 is 27.4. The summed E-state index contributed by atoms with van der Waals surface area (Å²) in [6, 6.07) is 13.3. The Morgan fingerprint density at radius 3 is 2.56 bits per heavy atom. The quantitative estimate of drug-likeness (QED) is 0.882. The predicted octanol–water partition coefficient (Wildman–Crippen LogP) is 2.72. The number of sulfonamides is 1. The lowest BCUT2D eigenvalue weighted by Gasteiger charge is -2.10. The van der Waals surface area contributed by atoms with Gasteiger partial charge in [0.2, 0.25) is 0 Å². The molecule has 0 spiro atoms. The Morgan fingerprint density at radius 2 is 1.88 bits per heavy atom. The van der Waals surface area contributed by atoms with Gasteiger partial charge in [-0.3, -0.25) is 14.5 Å². The van der Waals surface area contributed by atoms with E-state index in [0.29, 0.717) is 30.1 Å². The Morgan fingerprint density at radius 1 is 1.12 bits per heavy atom. The number of benzene rings is 2. The fourth-order valence-electron chi connectivity index (χ4n) is 2.49. The molecule has 2 N–H and O–H groups in total. The molecule has 7 heteroatoms. The van der Waals surface area contributed by atoms with E-state index in [4.69, 9.17) is 0 Å². The summed E-state index contributed by atoms with van der Waals surface area (Å²) in [4.78, 5) is 16.5. The van der Waals surface area contributed by atoms with Gasteiger partial charge in [0.05, 0.1) is 4.90 Å². The van der Waals surface area contributed by atoms with Crippen LogP contribution in [0.1, 0.15) is 28.8 Å². The largest absolute Gasteiger partial charge is 0.322 e. The zero-order valence-electron chi connectivity index (χ0n) is 13.8. The minimum atomic E-state index is -3.70. The van der Waals surface area contributed by atoms with Gasteiger partial charge in [0.1, 0.15) is 5.84 Å². The van der Waals surface area contributed by atoms with Crippen molar-refractivity contribution >= 4 is 27.5 Å². The second kappa shape index (κ2) is 7.06. The Labute approximate surface area is 147 Å². The molecule has 0 bridgehead atoms. The van der Waals surface area contributed by atoms with Gasteiger partial charge in [-0.2, -0.15) is 0 Å². The van der Waals surface area contributed by atoms with E-state index in [0.717, 1.165) is 12.0 Å². The second-order valence-electron chi connectivity index (χ2n) is 5.89. The van der Waals surface area contributed by atoms with E-state index >= 15 is 0 Å². The van der Waals surface area contributed by atoms with Gasteiger partial charge < -0.3 is 5.32 Å². The molecule has 0 atom stereocenters. The molecule has 0 radical (unpaired) electrons. The molecule has 1 aliphatic heterocycles. The first-order chi connectivity index (χ1) is 11.9. The Balaban J connectivity index is 1.76. The fraction of sp³-hybridized carbons (Fsp3) is 0.222. The van der Waals surface area contributed by atoms with E-state index < -0.39 is 10.0 Å². The minimum Gasteiger partial charge on any atom is -0.322 e. The first-order valence-corrected chi connectivity index (χ1v) is 9.46. The highest BCUT2D eigenvalue weighted by Crippen LogP contribution is 2.17. The number of aryl methyl sites for hydroxylation is 1. The van der Waals surface area contributed by atoms with Gasteiger partial charge in [-0.05, 0) is 43.7 Å². The average Bonchev–Trinajstić information content (AvgIpc) is 3.08. The highest BCUT2D eigenvalue weighted by atomic mass is 32.2. The molecule has 6 nitrogen and oxygen atoms in total. The number of rotatable bonds is 4. The van der Waals surface area contributed by atoms with Gasteiger partial charge in [-0.1, -0.05) is 23.8 Å². The maximum absolute atomic E-state index is 12.4. The van der Waals surface area contributed by atoms with Crippen molar-refractivity contribution in [3.05, 3.63) is 59.7 Å². The number of aliphatic imine (C=N–C) groups is 1. The third-order valence-corrected chi connectivity index (χ3v) is 5.22. The SMILES string of the molecule is Cc1ccc(C(=O)Nc2cccc(S(=O)(=O)NC3=NCCC3)c2)cc1. The van der Waals surface area contributed by atoms with Crippen LogP contribution in [0.4, 0.5) is 5.69 Å². The van der Waals surface area contributed by atoms with Gasteiger partial charge in [0, 0.05) is 24.2 Å². The van der Waals surface area contributed by atoms with E-state index in [1.165, 1.54) is 12.1 Å². The molecule has 3 rings (SSSR count). The first kappa shape index (κ1) is 17.2. The Kier molecular flexibility index (Phi) is 4.85. The number of anilines is 1. The zero-order chi connectivity index (χ0) is 17.9. The molecule has 1 heterocycles. The molecule has 25 heavy (non-hydrogen) atoms. The normalized spacial score (nSPS) is 14.0. The monoisotopic (exact) mass is 357 g/mol. The summed E-state index contributed by atoms with van der Waals surface area (Å²) in [5.74, 6) is 0.191. The number of nitrogens with one attached hydrogen (secondary N) is 2. The molecule has 0 saturated carbocycles. The molecule has 0 unspecified atom stereocenters. The number of amides is 1. The molecule has 2 aromatic carbocycles. The van der Waals surface area contributed by atoms with Gasteiger partial charge in [-0.25, -0.2) is 8.42 Å². The van der Waals surface area contributed by atoms with Crippen molar-refractivity contribution in [3.8, 4) is 0 Å². The number of carbonyl (C=O) groups is 1. The van der Waals surface area contributed by atoms with Crippen molar-refractivity contribution in [1.82, 2.24) is 4.72 Å². The highest BCUT2D eigenvalue weighted by Gasteiger charge is 2.18. The molecule has 1 aliphatic rings. The maximum atomic E-state index is 12.4. The van der Waals surface area contributed by atoms with Crippen LogP contribution in [0, 0.1) is 6.92 Å². The molecular formula is C18H19N3O3S. The van der Waals surface area contributed by atoms with Gasteiger partial charge in [0.25, 0.3) is 15.9 Å². The lowest BCUT2D eigenvalue weighted by atomic mass is 10.1. The topological polar surface area (TPSA) is 87.6 Å². The molecular weight excluding hydrogens is 338 g/mol. The third-order valence-electron chi connectivity index (χ3n) is 3.84. The van der Waals surface area contributed by atoms with Gasteiger partial charge in [-0.15, -0.1) is 0 Å². The molecule has 0 saturated heterocycles. The summed E-state index contributed by atoms with van der Waals surface area (Å²) in [6.07, 6.45) is 1.48. The van der Waals surface area contributed by atoms with Crippen LogP contribution in [0.5, 0.6) is 0 Å². The molecule has 0 aliphatic carbocycles. The molecule has 130 valence electrons. The standard InChI is InChI=1S/C18H19N3O3S/c1-13-7-9-14(10-8-13)18(22)20-15-4-2-5-16(12-15)25(23,24)21-17-6-3-11-19-17/h2,4-5,7-10,12H,3,6,11H2,1H3,(H,19,21)(H,20,22). The number of carbonyl (C=O) groups excluding carboxylic acids is 1. The first-order valence-electron chi connectivity index (χ1n) is 7.98. The Hall–Kier alpha value is -2.67. The zero-order valence-corrected chi connectivity index (χ0v) is 14.6. The summed E-state index contributed by atoms with van der Waals surface area (Å²) in [5.41, 5.74) is 1.99. The van der Waals surface area contributed by atoms with Crippen LogP contribution >= 0.6 is 0 Å². The van der Waals surface area contributed by atoms with E-state index in [2.05, 4.69) is 15.0 Å². The summed E-state index contributed by atoms with van der Waals surface area (Å²) in [7, 11) is -3.70. The van der Waals surface area contributed by atoms with Crippen molar-refractivity contribution in [1.29, 1.82) is 0 Å². The number of hydrogen-bond donors (Lipinski definition) is 2. The summed E-state index contributed by atoms with van der Waals surface area (Å²) >= 11 is 0. The molecule has 2 aromatic rings. The number of hydrogen-bond acceptors (Lipinski definition) is 4. The second-order valence-corrected chi connectivity index (χ2v) is 7.57. The molecule has 0 fully saturated rings. The maximum Gasteiger partial charge on any atom is 0.262 e. The molecule has 0 aromatic heterocycles. The highest BCUT2D eigenvalue weighted by molar-refractivity contribution is 7.90. The lowest BCUT2D eigenvalue weighted by Crippen LogP contribution is -2.29. The Bertz CT molecular complexity index is 919. The minimum absolute atomic E-state index is 0.0869. The van der Waals surface area contributed by atoms with E-state index in [1.807, 2.05) is 19.1 Å². The van der Waals surface area contributed by atoms with Gasteiger partial charge >= 0.3 is 0 Å². The van der Waals surface area contributed by atoms with E-state index in [1.54, 1.807) is 24.3 Å². The fourth-order valence-corrected chi connectivity index (χ4v) is 3.62. The smallest absolute Gasteiger partial charge is 0.262 e. The van der Waals surface area contributed by atoms with Crippen LogP contribution in [0.2, 0.25) is 0 Å². The van der Waals surface area contributed by atoms with Crippen LogP contribution in [0.3, 0.4) is 0 Å². The van der Waals surface area contributed by atoms with Crippen molar-refractivity contribution in [2.75, 3.05) is 11.9 Å². The number of amidine groups is 1. The van der Waals surface area contributed by atoms with E-state index in [9.17, 15) is 13.2 Å². The summed E-state index contributed by atoms with van der Waals surface area (Å²) in [6.45, 7) is 2.59. The van der Waals surface area contributed by atoms with Crippen molar-refractivity contribution in [3.63, 3.8) is 0 Å². The predicted molar refractivity (Wildman–Crippen MR) is 97.4 cm³/mol. The van der Waals surface area contributed by atoms with E-state index in [-0.39, 0.29) is 10.8 Å². The van der Waals surface area contributed by atoms with Crippen LogP contribution in [0.15, 0.2) is 58.4 Å².